The minimum Gasteiger partial charge on any atom is -0.504 e. The molecular formula is C30H29ClF2N8O4. The maximum Gasteiger partial charge on any atom is 0.263 e. The molecule has 0 radical (unpaired) electrons. The summed E-state index contributed by atoms with van der Waals surface area (Å²) in [5.41, 5.74) is 3.98. The Balaban J connectivity index is 1.26. The highest BCUT2D eigenvalue weighted by molar-refractivity contribution is 6.33. The maximum atomic E-state index is 15.3. The lowest BCUT2D eigenvalue weighted by Crippen LogP contribution is -2.52. The second kappa shape index (κ2) is 10.8. The van der Waals surface area contributed by atoms with Gasteiger partial charge in [-0.2, -0.15) is 4.39 Å². The van der Waals surface area contributed by atoms with Crippen molar-refractivity contribution in [2.24, 2.45) is 5.73 Å². The molecule has 0 saturated carbocycles. The number of likely N-dealkylation sites (N-methyl/N-ethyl adjacent to an activating group) is 1. The lowest BCUT2D eigenvalue weighted by molar-refractivity contribution is -0.116. The van der Waals surface area contributed by atoms with Crippen LogP contribution in [0.4, 0.5) is 20.3 Å². The second-order valence-corrected chi connectivity index (χ2v) is 12.3. The van der Waals surface area contributed by atoms with Gasteiger partial charge in [0, 0.05) is 61.5 Å². The third-order valence-corrected chi connectivity index (χ3v) is 9.23. The molecule has 0 unspecified atom stereocenters. The van der Waals surface area contributed by atoms with Crippen LogP contribution in [0, 0.1) is 11.6 Å². The topological polar surface area (TPSA) is 152 Å². The normalized spacial score (nSPS) is 19.3. The van der Waals surface area contributed by atoms with Crippen molar-refractivity contribution in [3.8, 4) is 16.9 Å². The van der Waals surface area contributed by atoms with E-state index in [9.17, 15) is 23.9 Å². The van der Waals surface area contributed by atoms with Crippen LogP contribution in [-0.4, -0.2) is 73.1 Å². The lowest BCUT2D eigenvalue weighted by Gasteiger charge is -2.40. The molecule has 2 bridgehead atoms. The number of nitrogens with zero attached hydrogens (tertiary/aromatic N) is 6. The molecule has 6 heterocycles. The number of phenols is 1. The van der Waals surface area contributed by atoms with E-state index in [1.807, 2.05) is 0 Å². The summed E-state index contributed by atoms with van der Waals surface area (Å²) in [6.07, 6.45) is 6.08. The zero-order chi connectivity index (χ0) is 31.7. The molecule has 2 saturated heterocycles. The Bertz CT molecular complexity index is 1960. The number of fused-ring (bicyclic) bond motifs is 4. The van der Waals surface area contributed by atoms with Crippen molar-refractivity contribution in [2.45, 2.75) is 50.9 Å². The van der Waals surface area contributed by atoms with Crippen molar-refractivity contribution < 1.29 is 23.5 Å². The number of aromatic hydroxyl groups is 1. The Morgan fingerprint density at radius 1 is 1.16 bits per heavy atom. The highest BCUT2D eigenvalue weighted by Gasteiger charge is 2.39. The Kier molecular flexibility index (Phi) is 7.00. The van der Waals surface area contributed by atoms with Gasteiger partial charge in [0.05, 0.1) is 27.9 Å². The number of nitrogens with one attached hydrogen (secondary N) is 1. The third-order valence-electron chi connectivity index (χ3n) is 8.93. The number of carbonyl (C=O) groups excluding carboxylic acids is 2. The fourth-order valence-electron chi connectivity index (χ4n) is 6.95. The number of anilines is 2. The summed E-state index contributed by atoms with van der Waals surface area (Å²) in [4.78, 5) is 52.7. The number of aryl methyl sites for hydroxylation is 1. The van der Waals surface area contributed by atoms with Crippen LogP contribution >= 0.6 is 11.6 Å². The summed E-state index contributed by atoms with van der Waals surface area (Å²) in [5.74, 6) is -4.91. The number of aromatic nitrogens is 4. The molecule has 234 valence electrons. The number of piperazine rings is 1. The van der Waals surface area contributed by atoms with Crippen LogP contribution in [0.2, 0.25) is 5.02 Å². The number of rotatable bonds is 6. The predicted octanol–water partition coefficient (Wildman–Crippen LogP) is 2.86. The van der Waals surface area contributed by atoms with Gasteiger partial charge < -0.3 is 30.5 Å². The van der Waals surface area contributed by atoms with Crippen LogP contribution in [0.3, 0.4) is 0 Å². The average molecular weight is 639 g/mol. The Morgan fingerprint density at radius 3 is 2.60 bits per heavy atom. The molecular weight excluding hydrogens is 610 g/mol. The molecule has 4 aromatic rings. The van der Waals surface area contributed by atoms with E-state index >= 15 is 4.39 Å². The third kappa shape index (κ3) is 4.79. The summed E-state index contributed by atoms with van der Waals surface area (Å²) < 4.78 is 32.8. The lowest BCUT2D eigenvalue weighted by atomic mass is 10.0. The predicted molar refractivity (Wildman–Crippen MR) is 163 cm³/mol. The zero-order valence-electron chi connectivity index (χ0n) is 24.2. The van der Waals surface area contributed by atoms with Crippen LogP contribution in [0.1, 0.15) is 35.4 Å². The first kappa shape index (κ1) is 29.2. The van der Waals surface area contributed by atoms with Crippen molar-refractivity contribution in [3.63, 3.8) is 0 Å². The van der Waals surface area contributed by atoms with Gasteiger partial charge in [-0.15, -0.1) is 0 Å². The highest BCUT2D eigenvalue weighted by Crippen LogP contribution is 2.38. The van der Waals surface area contributed by atoms with Crippen molar-refractivity contribution in [1.29, 1.82) is 0 Å². The molecule has 12 nitrogen and oxygen atoms in total. The highest BCUT2D eigenvalue weighted by atomic mass is 35.5. The number of benzene rings is 1. The number of amides is 2. The molecule has 2 fully saturated rings. The summed E-state index contributed by atoms with van der Waals surface area (Å²) in [5, 5.41) is 13.0. The summed E-state index contributed by atoms with van der Waals surface area (Å²) >= 11 is 6.44. The number of likely N-dealkylation sites (tertiary alicyclic amines) is 1. The van der Waals surface area contributed by atoms with E-state index in [-0.39, 0.29) is 28.2 Å². The Morgan fingerprint density at radius 2 is 1.89 bits per heavy atom. The van der Waals surface area contributed by atoms with E-state index in [0.717, 1.165) is 32.0 Å². The smallest absolute Gasteiger partial charge is 0.263 e. The van der Waals surface area contributed by atoms with Gasteiger partial charge in [0.15, 0.2) is 11.6 Å². The van der Waals surface area contributed by atoms with E-state index in [4.69, 9.17) is 17.3 Å². The molecule has 7 rings (SSSR count). The Hall–Kier alpha value is -4.56. The van der Waals surface area contributed by atoms with E-state index < -0.39 is 45.9 Å². The van der Waals surface area contributed by atoms with Crippen molar-refractivity contribution >= 4 is 46.0 Å². The number of hydrogen-bond donors (Lipinski definition) is 3. The molecule has 45 heavy (non-hydrogen) atoms. The van der Waals surface area contributed by atoms with Crippen molar-refractivity contribution in [2.75, 3.05) is 30.4 Å². The molecule has 3 aliphatic heterocycles. The second-order valence-electron chi connectivity index (χ2n) is 11.9. The van der Waals surface area contributed by atoms with Crippen LogP contribution in [0.25, 0.3) is 22.2 Å². The number of carbonyl (C=O) groups is 2. The first-order valence-corrected chi connectivity index (χ1v) is 15.0. The minimum absolute atomic E-state index is 0.0670. The standard InChI is InChI=1S/C30H29ClF2N8O4/c1-38-10-14-4-5-15(11-38)41(14)22-8-20(19(31)9-35-22)36-23(42)13-39-12-18(16-7-17(28(34)44)27(43)26(33)25(16)32)24-29(39)37-21-3-2-6-40(21)30(24)45/h7-9,12,14-15,43H,2-6,10-11,13H2,1H3,(H2,34,44)(H,35,36,42)/t14-,15+. The van der Waals surface area contributed by atoms with Crippen LogP contribution < -0.4 is 21.5 Å². The number of pyridine rings is 1. The SMILES string of the molecule is CN1C[C@H]2CC[C@@H](C1)N2c1cc(NC(=O)Cn2cc(-c3cc(C(N)=O)c(O)c(F)c3F)c3c(=O)n4c(nc32)CCC4)c(Cl)cn1. The van der Waals surface area contributed by atoms with Gasteiger partial charge in [-0.3, -0.25) is 19.0 Å². The number of primary amides is 1. The van der Waals surface area contributed by atoms with Gasteiger partial charge in [-0.1, -0.05) is 11.6 Å². The summed E-state index contributed by atoms with van der Waals surface area (Å²) in [6, 6.07) is 3.25. The molecule has 3 aliphatic rings. The zero-order valence-corrected chi connectivity index (χ0v) is 24.9. The fourth-order valence-corrected chi connectivity index (χ4v) is 7.10. The molecule has 0 aliphatic carbocycles. The quantitative estimate of drug-likeness (QED) is 0.292. The van der Waals surface area contributed by atoms with Gasteiger partial charge in [0.2, 0.25) is 11.7 Å². The van der Waals surface area contributed by atoms with E-state index in [2.05, 4.69) is 32.1 Å². The van der Waals surface area contributed by atoms with E-state index in [1.165, 1.54) is 21.5 Å². The molecule has 4 N–H and O–H groups in total. The first-order chi connectivity index (χ1) is 21.5. The fraction of sp³-hybridized carbons (Fsp3) is 0.367. The largest absolute Gasteiger partial charge is 0.504 e. The van der Waals surface area contributed by atoms with Crippen LogP contribution in [0.15, 0.2) is 29.3 Å². The van der Waals surface area contributed by atoms with Gasteiger partial charge >= 0.3 is 0 Å². The molecule has 15 heteroatoms. The molecule has 0 spiro atoms. The van der Waals surface area contributed by atoms with Crippen molar-refractivity contribution in [3.05, 3.63) is 62.9 Å². The van der Waals surface area contributed by atoms with Gasteiger partial charge in [0.1, 0.15) is 23.8 Å². The van der Waals surface area contributed by atoms with Gasteiger partial charge in [-0.05, 0) is 32.4 Å². The Labute approximate surface area is 260 Å². The van der Waals surface area contributed by atoms with E-state index in [1.54, 1.807) is 6.07 Å². The average Bonchev–Trinajstić information content (AvgIpc) is 3.68. The minimum atomic E-state index is -1.69. The van der Waals surface area contributed by atoms with Gasteiger partial charge in [0.25, 0.3) is 11.5 Å². The van der Waals surface area contributed by atoms with Crippen LogP contribution in [0.5, 0.6) is 5.75 Å². The van der Waals surface area contributed by atoms with E-state index in [0.29, 0.717) is 48.8 Å². The van der Waals surface area contributed by atoms with Crippen molar-refractivity contribution in [1.82, 2.24) is 24.0 Å². The number of halogens is 3. The molecule has 2 atom stereocenters. The van der Waals surface area contributed by atoms with Crippen LogP contribution in [-0.2, 0) is 24.3 Å². The first-order valence-electron chi connectivity index (χ1n) is 14.6. The maximum absolute atomic E-state index is 15.3. The monoisotopic (exact) mass is 638 g/mol. The number of nitrogens with two attached hydrogens (primary N) is 1. The molecule has 2 amide bonds. The summed E-state index contributed by atoms with van der Waals surface area (Å²) in [6.45, 7) is 1.85. The molecule has 1 aromatic carbocycles. The van der Waals surface area contributed by atoms with Gasteiger partial charge in [-0.25, -0.2) is 14.4 Å². The molecule has 3 aromatic heterocycles. The number of hydrogen-bond acceptors (Lipinski definition) is 8. The summed E-state index contributed by atoms with van der Waals surface area (Å²) in [7, 11) is 2.10.